The molecule has 0 aliphatic heterocycles. The zero-order valence-corrected chi connectivity index (χ0v) is 17.2. The average Bonchev–Trinajstić information content (AvgIpc) is 2.99. The fourth-order valence-electron chi connectivity index (χ4n) is 2.96. The normalized spacial score (nSPS) is 12.9. The summed E-state index contributed by atoms with van der Waals surface area (Å²) in [6.07, 6.45) is -1.79. The molecule has 3 nitrogen and oxygen atoms in total. The van der Waals surface area contributed by atoms with E-state index in [9.17, 15) is 13.2 Å². The van der Waals surface area contributed by atoms with Crippen LogP contribution in [-0.4, -0.2) is 21.0 Å². The Morgan fingerprint density at radius 3 is 2.56 bits per heavy atom. The van der Waals surface area contributed by atoms with Crippen LogP contribution >= 0.6 is 25.3 Å². The van der Waals surface area contributed by atoms with Gasteiger partial charge >= 0.3 is 12.1 Å². The van der Waals surface area contributed by atoms with Gasteiger partial charge in [0.05, 0.1) is 17.5 Å². The number of hydrogen-bond acceptors (Lipinski definition) is 3. The molecule has 0 radical (unpaired) electrons. The van der Waals surface area contributed by atoms with Crippen LogP contribution in [0.3, 0.4) is 0 Å². The number of hydrogen-bond donors (Lipinski definition) is 3. The molecule has 0 fully saturated rings. The highest BCUT2D eigenvalue weighted by atomic mass is 35.5. The van der Waals surface area contributed by atoms with Crippen LogP contribution in [-0.2, 0) is 12.6 Å². The molecule has 27 heavy (non-hydrogen) atoms. The lowest BCUT2D eigenvalue weighted by Crippen LogP contribution is -3.00. The van der Waals surface area contributed by atoms with Gasteiger partial charge in [-0.2, -0.15) is 38.4 Å². The number of halogens is 4. The molecule has 0 saturated heterocycles. The molecule has 0 aliphatic rings. The fourth-order valence-corrected chi connectivity index (χ4v) is 3.26. The van der Waals surface area contributed by atoms with E-state index < -0.39 is 11.7 Å². The molecular weight excluding hydrogens is 415 g/mol. The third kappa shape index (κ3) is 4.73. The molecule has 0 aliphatic carbocycles. The predicted molar refractivity (Wildman–Crippen MR) is 102 cm³/mol. The highest BCUT2D eigenvalue weighted by Gasteiger charge is 2.31. The minimum absolute atomic E-state index is 0. The maximum absolute atomic E-state index is 12.9. The molecule has 9 heteroatoms. The standard InChI is InChI=1S/C18H18F3N3S2.ClH/c1-10-5-11(2)16(7-13(26)9-25)24(8-10)17-22-14-4-3-12(18(19,20)21)6-15(14)23-17;/h3-6,8,13H,7,9H2,1-2H3,(H2-,22,23,25,26);1H. The molecule has 1 unspecified atom stereocenters. The van der Waals surface area contributed by atoms with Gasteiger partial charge in [-0.25, -0.2) is 9.55 Å². The Morgan fingerprint density at radius 2 is 1.93 bits per heavy atom. The van der Waals surface area contributed by atoms with E-state index >= 15 is 0 Å². The monoisotopic (exact) mass is 433 g/mol. The molecule has 2 aromatic heterocycles. The van der Waals surface area contributed by atoms with Crippen molar-refractivity contribution in [3.8, 4) is 5.95 Å². The van der Waals surface area contributed by atoms with Gasteiger partial charge in [-0.1, -0.05) is 11.1 Å². The number of aryl methyl sites for hydroxylation is 2. The lowest BCUT2D eigenvalue weighted by molar-refractivity contribution is -0.612. The van der Waals surface area contributed by atoms with E-state index in [1.807, 2.05) is 24.6 Å². The van der Waals surface area contributed by atoms with Gasteiger partial charge in [0.2, 0.25) is 0 Å². The van der Waals surface area contributed by atoms with Gasteiger partial charge in [-0.05, 0) is 43.2 Å². The van der Waals surface area contributed by atoms with E-state index in [1.54, 1.807) is 0 Å². The molecule has 146 valence electrons. The second kappa shape index (κ2) is 8.32. The molecule has 0 bridgehead atoms. The Balaban J connectivity index is 0.00000261. The quantitative estimate of drug-likeness (QED) is 0.420. The number of pyridine rings is 1. The Labute approximate surface area is 172 Å². The lowest BCUT2D eigenvalue weighted by Gasteiger charge is -2.13. The van der Waals surface area contributed by atoms with Crippen molar-refractivity contribution in [3.63, 3.8) is 0 Å². The maximum Gasteiger partial charge on any atom is 0.416 e. The Bertz CT molecular complexity index is 957. The predicted octanol–water partition coefficient (Wildman–Crippen LogP) is 1.25. The first kappa shape index (κ1) is 21.9. The first-order valence-electron chi connectivity index (χ1n) is 8.07. The van der Waals surface area contributed by atoms with Gasteiger partial charge in [0, 0.05) is 17.4 Å². The second-order valence-electron chi connectivity index (χ2n) is 6.35. The summed E-state index contributed by atoms with van der Waals surface area (Å²) >= 11 is 8.81. The van der Waals surface area contributed by atoms with E-state index in [4.69, 9.17) is 0 Å². The third-order valence-electron chi connectivity index (χ3n) is 4.19. The van der Waals surface area contributed by atoms with Crippen molar-refractivity contribution in [2.24, 2.45) is 0 Å². The summed E-state index contributed by atoms with van der Waals surface area (Å²) in [5, 5.41) is 0.0622. The van der Waals surface area contributed by atoms with Gasteiger partial charge in [0.15, 0.2) is 5.52 Å². The number of H-pyrrole nitrogens is 1. The van der Waals surface area contributed by atoms with Gasteiger partial charge in [-0.3, -0.25) is 0 Å². The van der Waals surface area contributed by atoms with Gasteiger partial charge < -0.3 is 12.4 Å². The van der Waals surface area contributed by atoms with Crippen molar-refractivity contribution in [2.45, 2.75) is 31.7 Å². The number of rotatable bonds is 4. The number of fused-ring (bicyclic) bond motifs is 1. The minimum atomic E-state index is -4.39. The van der Waals surface area contributed by atoms with E-state index in [2.05, 4.69) is 41.3 Å². The molecule has 1 N–H and O–H groups in total. The number of aromatic amines is 1. The van der Waals surface area contributed by atoms with E-state index in [0.717, 1.165) is 29.0 Å². The number of nitrogens with one attached hydrogen (secondary N) is 1. The highest BCUT2D eigenvalue weighted by Crippen LogP contribution is 2.31. The van der Waals surface area contributed by atoms with Gasteiger partial charge in [-0.15, -0.1) is 0 Å². The summed E-state index contributed by atoms with van der Waals surface area (Å²) in [5.74, 6) is 1.10. The maximum atomic E-state index is 12.9. The van der Waals surface area contributed by atoms with Crippen LogP contribution in [0.15, 0.2) is 30.5 Å². The topological polar surface area (TPSA) is 32.6 Å². The SMILES string of the molecule is Cc1cc(C)c(CC(S)CS)[n+](-c2nc3ccc(C(F)(F)F)cc3[nH]2)c1.[Cl-]. The van der Waals surface area contributed by atoms with Crippen molar-refractivity contribution < 1.29 is 30.1 Å². The molecule has 2 heterocycles. The average molecular weight is 434 g/mol. The van der Waals surface area contributed by atoms with Crippen LogP contribution in [0, 0.1) is 13.8 Å². The first-order valence-corrected chi connectivity index (χ1v) is 9.22. The Hall–Kier alpha value is -1.38. The van der Waals surface area contributed by atoms with E-state index in [0.29, 0.717) is 29.2 Å². The van der Waals surface area contributed by atoms with Gasteiger partial charge in [0.1, 0.15) is 5.52 Å². The molecule has 0 spiro atoms. The number of nitrogens with zero attached hydrogens (tertiary/aromatic N) is 2. The molecule has 3 aromatic rings. The van der Waals surface area contributed by atoms with Crippen LogP contribution in [0.25, 0.3) is 17.0 Å². The van der Waals surface area contributed by atoms with E-state index in [1.165, 1.54) is 6.07 Å². The van der Waals surface area contributed by atoms with Crippen molar-refractivity contribution in [2.75, 3.05) is 5.75 Å². The smallest absolute Gasteiger partial charge is 0.416 e. The van der Waals surface area contributed by atoms with Crippen LogP contribution < -0.4 is 17.0 Å². The Kier molecular flexibility index (Phi) is 6.76. The van der Waals surface area contributed by atoms with Crippen LogP contribution in [0.5, 0.6) is 0 Å². The van der Waals surface area contributed by atoms with Crippen molar-refractivity contribution in [1.29, 1.82) is 0 Å². The lowest BCUT2D eigenvalue weighted by atomic mass is 10.1. The molecule has 0 amide bonds. The summed E-state index contributed by atoms with van der Waals surface area (Å²) in [7, 11) is 0. The van der Waals surface area contributed by atoms with Crippen LogP contribution in [0.1, 0.15) is 22.4 Å². The van der Waals surface area contributed by atoms with E-state index in [-0.39, 0.29) is 17.7 Å². The summed E-state index contributed by atoms with van der Waals surface area (Å²) in [6.45, 7) is 3.97. The second-order valence-corrected chi connectivity index (χ2v) is 7.44. The van der Waals surface area contributed by atoms with Crippen molar-refractivity contribution in [1.82, 2.24) is 9.97 Å². The summed E-state index contributed by atoms with van der Waals surface area (Å²) in [5.41, 5.74) is 3.24. The summed E-state index contributed by atoms with van der Waals surface area (Å²) in [6, 6.07) is 5.58. The van der Waals surface area contributed by atoms with Crippen molar-refractivity contribution >= 4 is 36.3 Å². The number of thiol groups is 2. The molecular formula is C18H19ClF3N3S2. The minimum Gasteiger partial charge on any atom is -1.00 e. The van der Waals surface area contributed by atoms with Crippen LogP contribution in [0.4, 0.5) is 13.2 Å². The largest absolute Gasteiger partial charge is 1.00 e. The zero-order chi connectivity index (χ0) is 19.1. The number of alkyl halides is 3. The zero-order valence-electron chi connectivity index (χ0n) is 14.7. The number of imidazole rings is 1. The highest BCUT2D eigenvalue weighted by molar-refractivity contribution is 7.84. The molecule has 1 atom stereocenters. The molecule has 0 saturated carbocycles. The van der Waals surface area contributed by atoms with Crippen LogP contribution in [0.2, 0.25) is 0 Å². The summed E-state index contributed by atoms with van der Waals surface area (Å²) < 4.78 is 40.7. The molecule has 1 aromatic carbocycles. The fraction of sp³-hybridized carbons (Fsp3) is 0.333. The Morgan fingerprint density at radius 1 is 1.22 bits per heavy atom. The summed E-state index contributed by atoms with van der Waals surface area (Å²) in [4.78, 5) is 7.50. The van der Waals surface area contributed by atoms with Gasteiger partial charge in [0.25, 0.3) is 0 Å². The first-order chi connectivity index (χ1) is 12.2. The number of aromatic nitrogens is 3. The van der Waals surface area contributed by atoms with Crippen molar-refractivity contribution in [3.05, 3.63) is 52.8 Å². The number of benzene rings is 1. The third-order valence-corrected chi connectivity index (χ3v) is 5.28. The molecule has 3 rings (SSSR count).